The van der Waals surface area contributed by atoms with E-state index in [0.29, 0.717) is 16.9 Å². The van der Waals surface area contributed by atoms with Gasteiger partial charge in [-0.2, -0.15) is 0 Å². The molecule has 0 N–H and O–H groups in total. The maximum atomic E-state index is 13.5. The van der Waals surface area contributed by atoms with Crippen LogP contribution in [-0.4, -0.2) is 11.9 Å². The van der Waals surface area contributed by atoms with E-state index in [9.17, 15) is 18.0 Å². The lowest BCUT2D eigenvalue weighted by Gasteiger charge is -2.15. The van der Waals surface area contributed by atoms with Crippen LogP contribution in [0.5, 0.6) is 5.75 Å². The molecule has 0 saturated heterocycles. The van der Waals surface area contributed by atoms with Crippen molar-refractivity contribution in [3.63, 3.8) is 0 Å². The van der Waals surface area contributed by atoms with E-state index in [1.165, 1.54) is 13.0 Å². The molecule has 0 fully saturated rings. The van der Waals surface area contributed by atoms with Gasteiger partial charge >= 0.3 is 0 Å². The third-order valence-corrected chi connectivity index (χ3v) is 3.04. The highest BCUT2D eigenvalue weighted by Gasteiger charge is 2.16. The molecule has 0 amide bonds. The molecule has 2 rings (SSSR count). The molecule has 0 spiro atoms. The topological polar surface area (TPSA) is 26.3 Å². The number of carbonyl (C=O) groups is 1. The smallest absolute Gasteiger partial charge is 0.194 e. The van der Waals surface area contributed by atoms with E-state index in [1.807, 2.05) is 0 Å². The molecule has 0 atom stereocenters. The summed E-state index contributed by atoms with van der Waals surface area (Å²) in [7, 11) is 0. The predicted molar refractivity (Wildman–Crippen MR) is 77.5 cm³/mol. The Morgan fingerprint density at radius 1 is 1.05 bits per heavy atom. The van der Waals surface area contributed by atoms with Crippen molar-refractivity contribution in [3.05, 3.63) is 53.3 Å². The Kier molecular flexibility index (Phi) is 4.54. The minimum Gasteiger partial charge on any atom is -0.490 e. The SMILES string of the molecule is CC(=O)c1ccc(OC(C)C)c(-c2cc(F)c(F)c(F)c2)c1. The molecule has 0 unspecified atom stereocenters. The van der Waals surface area contributed by atoms with Gasteiger partial charge in [-0.1, -0.05) is 0 Å². The highest BCUT2D eigenvalue weighted by Crippen LogP contribution is 2.33. The number of carbonyl (C=O) groups excluding carboxylic acids is 1. The molecule has 116 valence electrons. The molecular formula is C17H15F3O2. The summed E-state index contributed by atoms with van der Waals surface area (Å²) in [5.74, 6) is -3.94. The summed E-state index contributed by atoms with van der Waals surface area (Å²) in [5.41, 5.74) is 0.811. The van der Waals surface area contributed by atoms with Crippen molar-refractivity contribution in [2.24, 2.45) is 0 Å². The van der Waals surface area contributed by atoms with E-state index in [4.69, 9.17) is 4.74 Å². The molecule has 0 saturated carbocycles. The second-order valence-electron chi connectivity index (χ2n) is 5.19. The molecule has 0 aliphatic rings. The first-order valence-corrected chi connectivity index (χ1v) is 6.76. The first kappa shape index (κ1) is 16.1. The lowest BCUT2D eigenvalue weighted by Crippen LogP contribution is -2.07. The van der Waals surface area contributed by atoms with E-state index in [1.54, 1.807) is 26.0 Å². The molecule has 22 heavy (non-hydrogen) atoms. The van der Waals surface area contributed by atoms with Crippen LogP contribution in [0.2, 0.25) is 0 Å². The van der Waals surface area contributed by atoms with Crippen LogP contribution in [0, 0.1) is 17.5 Å². The van der Waals surface area contributed by atoms with Gasteiger partial charge in [0.05, 0.1) is 6.10 Å². The average molecular weight is 308 g/mol. The number of ether oxygens (including phenoxy) is 1. The molecule has 0 heterocycles. The third-order valence-electron chi connectivity index (χ3n) is 3.04. The van der Waals surface area contributed by atoms with Gasteiger partial charge in [0, 0.05) is 11.1 Å². The Balaban J connectivity index is 2.64. The van der Waals surface area contributed by atoms with Gasteiger partial charge in [0.1, 0.15) is 5.75 Å². The Morgan fingerprint density at radius 2 is 1.64 bits per heavy atom. The molecule has 5 heteroatoms. The molecule has 0 aliphatic heterocycles. The molecule has 2 nitrogen and oxygen atoms in total. The fourth-order valence-corrected chi connectivity index (χ4v) is 2.04. The number of Topliss-reactive ketones (excluding diaryl/α,β-unsaturated/α-hetero) is 1. The van der Waals surface area contributed by atoms with Crippen LogP contribution in [0.3, 0.4) is 0 Å². The van der Waals surface area contributed by atoms with Gasteiger partial charge in [-0.3, -0.25) is 4.79 Å². The summed E-state index contributed by atoms with van der Waals surface area (Å²) in [6, 6.07) is 6.37. The van der Waals surface area contributed by atoms with Gasteiger partial charge in [-0.15, -0.1) is 0 Å². The number of hydrogen-bond acceptors (Lipinski definition) is 2. The summed E-state index contributed by atoms with van der Waals surface area (Å²) < 4.78 is 45.6. The van der Waals surface area contributed by atoms with Crippen LogP contribution in [-0.2, 0) is 0 Å². The zero-order valence-corrected chi connectivity index (χ0v) is 12.4. The van der Waals surface area contributed by atoms with Crippen molar-refractivity contribution >= 4 is 5.78 Å². The van der Waals surface area contributed by atoms with Crippen LogP contribution in [0.4, 0.5) is 13.2 Å². The van der Waals surface area contributed by atoms with Crippen LogP contribution in [0.15, 0.2) is 30.3 Å². The highest BCUT2D eigenvalue weighted by atomic mass is 19.2. The molecule has 0 aliphatic carbocycles. The van der Waals surface area contributed by atoms with Crippen molar-refractivity contribution in [3.8, 4) is 16.9 Å². The van der Waals surface area contributed by atoms with Gasteiger partial charge in [-0.05, 0) is 56.7 Å². The van der Waals surface area contributed by atoms with Crippen molar-refractivity contribution in [2.75, 3.05) is 0 Å². The van der Waals surface area contributed by atoms with Crippen molar-refractivity contribution in [1.82, 2.24) is 0 Å². The van der Waals surface area contributed by atoms with Crippen molar-refractivity contribution in [2.45, 2.75) is 26.9 Å². The summed E-state index contributed by atoms with van der Waals surface area (Å²) in [5, 5.41) is 0. The second kappa shape index (κ2) is 6.22. The van der Waals surface area contributed by atoms with Gasteiger partial charge in [0.2, 0.25) is 0 Å². The van der Waals surface area contributed by atoms with Gasteiger partial charge in [-0.25, -0.2) is 13.2 Å². The Labute approximate surface area is 126 Å². The normalized spacial score (nSPS) is 10.9. The second-order valence-corrected chi connectivity index (χ2v) is 5.19. The van der Waals surface area contributed by atoms with Gasteiger partial charge in [0.15, 0.2) is 23.2 Å². The number of hydrogen-bond donors (Lipinski definition) is 0. The van der Waals surface area contributed by atoms with Crippen molar-refractivity contribution < 1.29 is 22.7 Å². The molecular weight excluding hydrogens is 293 g/mol. The lowest BCUT2D eigenvalue weighted by atomic mass is 10.00. The van der Waals surface area contributed by atoms with Crippen LogP contribution in [0.25, 0.3) is 11.1 Å². The monoisotopic (exact) mass is 308 g/mol. The van der Waals surface area contributed by atoms with Crippen LogP contribution in [0.1, 0.15) is 31.1 Å². The molecule has 0 aromatic heterocycles. The Bertz CT molecular complexity index is 701. The van der Waals surface area contributed by atoms with Gasteiger partial charge < -0.3 is 4.74 Å². The van der Waals surface area contributed by atoms with Crippen molar-refractivity contribution in [1.29, 1.82) is 0 Å². The predicted octanol–water partition coefficient (Wildman–Crippen LogP) is 4.76. The van der Waals surface area contributed by atoms with Crippen LogP contribution < -0.4 is 4.74 Å². The number of rotatable bonds is 4. The summed E-state index contributed by atoms with van der Waals surface area (Å²) >= 11 is 0. The van der Waals surface area contributed by atoms with E-state index in [2.05, 4.69) is 0 Å². The van der Waals surface area contributed by atoms with E-state index < -0.39 is 17.5 Å². The Hall–Kier alpha value is -2.30. The largest absolute Gasteiger partial charge is 0.490 e. The average Bonchev–Trinajstić information content (AvgIpc) is 2.43. The lowest BCUT2D eigenvalue weighted by molar-refractivity contribution is 0.101. The minimum absolute atomic E-state index is 0.107. The maximum absolute atomic E-state index is 13.5. The minimum atomic E-state index is -1.53. The number of ketones is 1. The molecule has 2 aromatic carbocycles. The summed E-state index contributed by atoms with van der Waals surface area (Å²) in [6.07, 6.45) is -0.169. The molecule has 0 radical (unpaired) electrons. The zero-order valence-electron chi connectivity index (χ0n) is 12.4. The quantitative estimate of drug-likeness (QED) is 0.601. The first-order chi connectivity index (χ1) is 10.3. The number of halogens is 3. The third kappa shape index (κ3) is 3.30. The standard InChI is InChI=1S/C17H15F3O2/c1-9(2)22-16-5-4-11(10(3)21)6-13(16)12-7-14(18)17(20)15(19)8-12/h4-9H,1-3H3. The number of benzene rings is 2. The fourth-order valence-electron chi connectivity index (χ4n) is 2.04. The Morgan fingerprint density at radius 3 is 2.14 bits per heavy atom. The van der Waals surface area contributed by atoms with Gasteiger partial charge in [0.25, 0.3) is 0 Å². The summed E-state index contributed by atoms with van der Waals surface area (Å²) in [4.78, 5) is 11.5. The van der Waals surface area contributed by atoms with E-state index in [0.717, 1.165) is 12.1 Å². The zero-order chi connectivity index (χ0) is 16.4. The summed E-state index contributed by atoms with van der Waals surface area (Å²) in [6.45, 7) is 4.98. The van der Waals surface area contributed by atoms with E-state index in [-0.39, 0.29) is 17.5 Å². The van der Waals surface area contributed by atoms with Crippen LogP contribution >= 0.6 is 0 Å². The molecule has 0 bridgehead atoms. The fraction of sp³-hybridized carbons (Fsp3) is 0.235. The first-order valence-electron chi connectivity index (χ1n) is 6.76. The highest BCUT2D eigenvalue weighted by molar-refractivity contribution is 5.96. The van der Waals surface area contributed by atoms with E-state index >= 15 is 0 Å². The molecule has 2 aromatic rings. The maximum Gasteiger partial charge on any atom is 0.194 e.